The summed E-state index contributed by atoms with van der Waals surface area (Å²) in [5.74, 6) is 0.634. The van der Waals surface area contributed by atoms with Gasteiger partial charge in [-0.1, -0.05) is 18.2 Å². The minimum atomic E-state index is -4.34. The maximum atomic E-state index is 12.8. The predicted octanol–water partition coefficient (Wildman–Crippen LogP) is 5.64. The number of benzene rings is 1. The molecule has 22 heavy (non-hydrogen) atoms. The van der Waals surface area contributed by atoms with E-state index in [0.29, 0.717) is 17.1 Å². The summed E-state index contributed by atoms with van der Waals surface area (Å²) < 4.78 is 38.3. The number of hydrogen-bond acceptors (Lipinski definition) is 1. The van der Waals surface area contributed by atoms with Gasteiger partial charge in [0.2, 0.25) is 0 Å². The molecule has 0 N–H and O–H groups in total. The van der Waals surface area contributed by atoms with E-state index in [2.05, 4.69) is 4.98 Å². The van der Waals surface area contributed by atoms with Crippen LogP contribution in [0.15, 0.2) is 36.4 Å². The lowest BCUT2D eigenvalue weighted by atomic mass is 10.0. The molecule has 0 amide bonds. The van der Waals surface area contributed by atoms with Crippen LogP contribution in [0.25, 0.3) is 11.3 Å². The Kier molecular flexibility index (Phi) is 5.46. The van der Waals surface area contributed by atoms with Crippen LogP contribution in [-0.4, -0.2) is 10.9 Å². The Morgan fingerprint density at radius 3 is 2.50 bits per heavy atom. The smallest absolute Gasteiger partial charge is 0.253 e. The van der Waals surface area contributed by atoms with E-state index in [4.69, 9.17) is 11.6 Å². The Hall–Kier alpha value is -1.55. The van der Waals surface area contributed by atoms with Crippen LogP contribution in [0.5, 0.6) is 0 Å². The molecule has 0 atom stereocenters. The highest BCUT2D eigenvalue weighted by atomic mass is 35.5. The number of pyridine rings is 1. The molecule has 1 heterocycles. The number of halogens is 4. The van der Waals surface area contributed by atoms with E-state index in [0.717, 1.165) is 42.7 Å². The highest BCUT2D eigenvalue weighted by Gasteiger charge is 2.30. The molecule has 118 valence electrons. The third-order valence-electron chi connectivity index (χ3n) is 3.51. The number of nitrogens with zero attached hydrogens (tertiary/aromatic N) is 1. The van der Waals surface area contributed by atoms with Gasteiger partial charge in [-0.15, -0.1) is 11.6 Å². The molecule has 1 nitrogen and oxygen atoms in total. The van der Waals surface area contributed by atoms with Crippen molar-refractivity contribution in [3.8, 4) is 11.3 Å². The van der Waals surface area contributed by atoms with Gasteiger partial charge in [-0.2, -0.15) is 13.2 Å². The molecule has 5 heteroatoms. The van der Waals surface area contributed by atoms with Crippen molar-refractivity contribution in [2.24, 2.45) is 0 Å². The molecule has 0 bridgehead atoms. The number of unbranched alkanes of at least 4 members (excludes halogenated alkanes) is 1. The molecule has 2 rings (SSSR count). The number of aromatic nitrogens is 1. The average molecular weight is 328 g/mol. The van der Waals surface area contributed by atoms with Gasteiger partial charge in [0.25, 0.3) is 0 Å². The molecule has 0 fully saturated rings. The van der Waals surface area contributed by atoms with Crippen molar-refractivity contribution in [2.75, 3.05) is 5.88 Å². The third kappa shape index (κ3) is 4.23. The standard InChI is InChI=1S/C17H17ClF3N/c1-12-13(5-2-3-10-18)8-9-16(22-12)14-6-4-7-15(11-14)17(19,20)21/h4,6-9,11H,2-3,5,10H2,1H3. The van der Waals surface area contributed by atoms with E-state index in [1.54, 1.807) is 12.1 Å². The summed E-state index contributed by atoms with van der Waals surface area (Å²) in [5, 5.41) is 0. The summed E-state index contributed by atoms with van der Waals surface area (Å²) >= 11 is 5.66. The molecule has 1 aromatic heterocycles. The summed E-state index contributed by atoms with van der Waals surface area (Å²) in [6.45, 7) is 1.88. The van der Waals surface area contributed by atoms with Gasteiger partial charge in [-0.25, -0.2) is 0 Å². The van der Waals surface area contributed by atoms with Crippen molar-refractivity contribution < 1.29 is 13.2 Å². The second-order valence-corrected chi connectivity index (χ2v) is 5.54. The van der Waals surface area contributed by atoms with Gasteiger partial charge >= 0.3 is 6.18 Å². The van der Waals surface area contributed by atoms with Crippen LogP contribution in [0.1, 0.15) is 29.7 Å². The van der Waals surface area contributed by atoms with Gasteiger partial charge in [-0.05, 0) is 49.9 Å². The molecule has 0 aliphatic carbocycles. The molecule has 0 radical (unpaired) electrons. The van der Waals surface area contributed by atoms with Gasteiger partial charge < -0.3 is 0 Å². The number of rotatable bonds is 5. The van der Waals surface area contributed by atoms with Crippen LogP contribution in [0, 0.1) is 6.92 Å². The lowest BCUT2D eigenvalue weighted by Gasteiger charge is -2.10. The molecule has 0 aliphatic rings. The van der Waals surface area contributed by atoms with Crippen LogP contribution in [0.4, 0.5) is 13.2 Å². The topological polar surface area (TPSA) is 12.9 Å². The first-order valence-electron chi connectivity index (χ1n) is 7.12. The lowest BCUT2D eigenvalue weighted by Crippen LogP contribution is -2.04. The van der Waals surface area contributed by atoms with Crippen LogP contribution < -0.4 is 0 Å². The fraction of sp³-hybridized carbons (Fsp3) is 0.353. The average Bonchev–Trinajstić information content (AvgIpc) is 2.48. The molecular weight excluding hydrogens is 311 g/mol. The molecule has 1 aromatic carbocycles. The van der Waals surface area contributed by atoms with E-state index >= 15 is 0 Å². The molecular formula is C17H17ClF3N. The minimum absolute atomic E-state index is 0.477. The third-order valence-corrected chi connectivity index (χ3v) is 3.78. The minimum Gasteiger partial charge on any atom is -0.253 e. The Morgan fingerprint density at radius 2 is 1.86 bits per heavy atom. The lowest BCUT2D eigenvalue weighted by molar-refractivity contribution is -0.137. The molecule has 0 unspecified atom stereocenters. The van der Waals surface area contributed by atoms with Crippen molar-refractivity contribution in [1.29, 1.82) is 0 Å². The van der Waals surface area contributed by atoms with Crippen molar-refractivity contribution in [2.45, 2.75) is 32.4 Å². The maximum absolute atomic E-state index is 12.8. The largest absolute Gasteiger partial charge is 0.416 e. The maximum Gasteiger partial charge on any atom is 0.416 e. The zero-order valence-corrected chi connectivity index (χ0v) is 13.0. The number of aryl methyl sites for hydroxylation is 2. The van der Waals surface area contributed by atoms with Crippen molar-refractivity contribution >= 4 is 11.6 Å². The van der Waals surface area contributed by atoms with Crippen LogP contribution >= 0.6 is 11.6 Å². The van der Waals surface area contributed by atoms with Crippen molar-refractivity contribution in [3.63, 3.8) is 0 Å². The van der Waals surface area contributed by atoms with E-state index in [9.17, 15) is 13.2 Å². The van der Waals surface area contributed by atoms with Crippen molar-refractivity contribution in [1.82, 2.24) is 4.98 Å². The number of alkyl halides is 4. The SMILES string of the molecule is Cc1nc(-c2cccc(C(F)(F)F)c2)ccc1CCCCCl. The van der Waals surface area contributed by atoms with Crippen LogP contribution in [0.3, 0.4) is 0 Å². The van der Waals surface area contributed by atoms with Gasteiger partial charge in [0, 0.05) is 17.1 Å². The highest BCUT2D eigenvalue weighted by Crippen LogP contribution is 2.31. The van der Waals surface area contributed by atoms with E-state index in [1.807, 2.05) is 13.0 Å². The summed E-state index contributed by atoms with van der Waals surface area (Å²) in [7, 11) is 0. The quantitative estimate of drug-likeness (QED) is 0.511. The first kappa shape index (κ1) is 16.8. The summed E-state index contributed by atoms with van der Waals surface area (Å²) in [6.07, 6.45) is -1.54. The first-order valence-corrected chi connectivity index (χ1v) is 7.65. The fourth-order valence-corrected chi connectivity index (χ4v) is 2.47. The van der Waals surface area contributed by atoms with E-state index < -0.39 is 11.7 Å². The fourth-order valence-electron chi connectivity index (χ4n) is 2.28. The zero-order valence-electron chi connectivity index (χ0n) is 12.3. The predicted molar refractivity (Wildman–Crippen MR) is 83.1 cm³/mol. The van der Waals surface area contributed by atoms with Crippen LogP contribution in [0.2, 0.25) is 0 Å². The van der Waals surface area contributed by atoms with Gasteiger partial charge in [0.1, 0.15) is 0 Å². The molecule has 0 spiro atoms. The molecule has 2 aromatic rings. The Labute approximate surface area is 133 Å². The molecule has 0 aliphatic heterocycles. The molecule has 0 saturated heterocycles. The normalized spacial score (nSPS) is 11.7. The Balaban J connectivity index is 2.25. The summed E-state index contributed by atoms with van der Waals surface area (Å²) in [5.41, 5.74) is 2.34. The summed E-state index contributed by atoms with van der Waals surface area (Å²) in [4.78, 5) is 4.44. The zero-order chi connectivity index (χ0) is 16.2. The molecule has 0 saturated carbocycles. The monoisotopic (exact) mass is 327 g/mol. The second kappa shape index (κ2) is 7.14. The van der Waals surface area contributed by atoms with Gasteiger partial charge in [-0.3, -0.25) is 4.98 Å². The summed E-state index contributed by atoms with van der Waals surface area (Å²) in [6, 6.07) is 8.96. The van der Waals surface area contributed by atoms with Gasteiger partial charge in [0.05, 0.1) is 11.3 Å². The Bertz CT molecular complexity index is 638. The van der Waals surface area contributed by atoms with Crippen LogP contribution in [-0.2, 0) is 12.6 Å². The highest BCUT2D eigenvalue weighted by molar-refractivity contribution is 6.17. The first-order chi connectivity index (χ1) is 10.4. The Morgan fingerprint density at radius 1 is 1.09 bits per heavy atom. The van der Waals surface area contributed by atoms with E-state index in [1.165, 1.54) is 6.07 Å². The van der Waals surface area contributed by atoms with Gasteiger partial charge in [0.15, 0.2) is 0 Å². The van der Waals surface area contributed by atoms with E-state index in [-0.39, 0.29) is 0 Å². The number of hydrogen-bond donors (Lipinski definition) is 0. The second-order valence-electron chi connectivity index (χ2n) is 5.17. The van der Waals surface area contributed by atoms with Crippen molar-refractivity contribution in [3.05, 3.63) is 53.2 Å².